The van der Waals surface area contributed by atoms with Gasteiger partial charge in [0.05, 0.1) is 0 Å². The lowest BCUT2D eigenvalue weighted by Gasteiger charge is -2.29. The summed E-state index contributed by atoms with van der Waals surface area (Å²) >= 11 is 0. The van der Waals surface area contributed by atoms with Gasteiger partial charge in [-0.05, 0) is 37.1 Å². The molecule has 0 aromatic heterocycles. The zero-order chi connectivity index (χ0) is 10.6. The molecule has 1 nitrogen and oxygen atoms in total. The van der Waals surface area contributed by atoms with Gasteiger partial charge in [0.1, 0.15) is 0 Å². The third kappa shape index (κ3) is 2.98. The molecule has 1 N–H and O–H groups in total. The molecule has 0 spiro atoms. The molecule has 4 atom stereocenters. The minimum atomic E-state index is 0.773. The van der Waals surface area contributed by atoms with Crippen molar-refractivity contribution >= 4 is 0 Å². The zero-order valence-corrected chi connectivity index (χ0v) is 10.3. The molecule has 1 fully saturated rings. The maximum atomic E-state index is 3.70. The second kappa shape index (κ2) is 5.75. The summed E-state index contributed by atoms with van der Waals surface area (Å²) in [4.78, 5) is 0. The fourth-order valence-corrected chi connectivity index (χ4v) is 2.90. The van der Waals surface area contributed by atoms with E-state index < -0.39 is 0 Å². The molecule has 1 aliphatic rings. The van der Waals surface area contributed by atoms with Gasteiger partial charge in [-0.1, -0.05) is 40.5 Å². The van der Waals surface area contributed by atoms with Gasteiger partial charge in [-0.25, -0.2) is 0 Å². The van der Waals surface area contributed by atoms with Gasteiger partial charge >= 0.3 is 0 Å². The summed E-state index contributed by atoms with van der Waals surface area (Å²) in [5, 5.41) is 3.70. The third-order valence-corrected chi connectivity index (χ3v) is 3.94. The Morgan fingerprint density at radius 2 is 2.00 bits per heavy atom. The summed E-state index contributed by atoms with van der Waals surface area (Å²) in [5.41, 5.74) is 0. The highest BCUT2D eigenvalue weighted by Gasteiger charge is 2.30. The molecule has 0 saturated heterocycles. The van der Waals surface area contributed by atoms with Gasteiger partial charge in [0.2, 0.25) is 0 Å². The lowest BCUT2D eigenvalue weighted by Crippen LogP contribution is -2.40. The largest absolute Gasteiger partial charge is 0.314 e. The normalized spacial score (nSPS) is 31.7. The van der Waals surface area contributed by atoms with E-state index >= 15 is 0 Å². The van der Waals surface area contributed by atoms with Crippen LogP contribution in [0, 0.1) is 17.8 Å². The van der Waals surface area contributed by atoms with Crippen molar-refractivity contribution in [3.05, 3.63) is 0 Å². The van der Waals surface area contributed by atoms with Crippen molar-refractivity contribution in [2.75, 3.05) is 6.54 Å². The lowest BCUT2D eigenvalue weighted by molar-refractivity contribution is 0.266. The van der Waals surface area contributed by atoms with E-state index in [-0.39, 0.29) is 0 Å². The third-order valence-electron chi connectivity index (χ3n) is 3.94. The van der Waals surface area contributed by atoms with E-state index in [1.807, 2.05) is 0 Å². The van der Waals surface area contributed by atoms with E-state index in [0.29, 0.717) is 0 Å². The Bertz CT molecular complexity index is 155. The molecular weight excluding hydrogens is 170 g/mol. The Balaban J connectivity index is 2.49. The van der Waals surface area contributed by atoms with Crippen LogP contribution in [-0.2, 0) is 0 Å². The molecule has 14 heavy (non-hydrogen) atoms. The average molecular weight is 197 g/mol. The first-order valence-corrected chi connectivity index (χ1v) is 6.42. The molecule has 1 saturated carbocycles. The van der Waals surface area contributed by atoms with Crippen LogP contribution in [0.25, 0.3) is 0 Å². The molecule has 0 radical (unpaired) electrons. The van der Waals surface area contributed by atoms with Crippen LogP contribution in [0.3, 0.4) is 0 Å². The fraction of sp³-hybridized carbons (Fsp3) is 1.00. The van der Waals surface area contributed by atoms with Crippen LogP contribution in [0.15, 0.2) is 0 Å². The number of hydrogen-bond donors (Lipinski definition) is 1. The van der Waals surface area contributed by atoms with Crippen molar-refractivity contribution in [2.24, 2.45) is 17.8 Å². The number of rotatable bonds is 5. The SMILES string of the molecule is CCNC(C(C)CC)C1CCC(C)C1. The number of nitrogens with one attached hydrogen (secondary N) is 1. The molecule has 0 heterocycles. The predicted octanol–water partition coefficient (Wildman–Crippen LogP) is 3.45. The molecule has 0 bridgehead atoms. The highest BCUT2D eigenvalue weighted by molar-refractivity contribution is 4.85. The van der Waals surface area contributed by atoms with Crippen LogP contribution in [-0.4, -0.2) is 12.6 Å². The van der Waals surface area contributed by atoms with E-state index in [1.165, 1.54) is 25.7 Å². The highest BCUT2D eigenvalue weighted by Crippen LogP contribution is 2.35. The van der Waals surface area contributed by atoms with E-state index in [2.05, 4.69) is 33.0 Å². The summed E-state index contributed by atoms with van der Waals surface area (Å²) in [5.74, 6) is 2.75. The molecule has 0 aliphatic heterocycles. The summed E-state index contributed by atoms with van der Waals surface area (Å²) < 4.78 is 0. The molecule has 4 unspecified atom stereocenters. The molecule has 0 aromatic rings. The molecule has 1 heteroatoms. The van der Waals surface area contributed by atoms with Gasteiger partial charge in [-0.3, -0.25) is 0 Å². The van der Waals surface area contributed by atoms with Gasteiger partial charge in [-0.15, -0.1) is 0 Å². The predicted molar refractivity (Wildman–Crippen MR) is 63.4 cm³/mol. The van der Waals surface area contributed by atoms with E-state index in [9.17, 15) is 0 Å². The Labute approximate surface area is 89.7 Å². The maximum absolute atomic E-state index is 3.70. The molecular formula is C13H27N. The van der Waals surface area contributed by atoms with E-state index in [0.717, 1.165) is 30.3 Å². The van der Waals surface area contributed by atoms with Crippen LogP contribution in [0.2, 0.25) is 0 Å². The summed E-state index contributed by atoms with van der Waals surface area (Å²) in [7, 11) is 0. The molecule has 1 rings (SSSR count). The summed E-state index contributed by atoms with van der Waals surface area (Å²) in [6.07, 6.45) is 5.65. The highest BCUT2D eigenvalue weighted by atomic mass is 14.9. The standard InChI is InChI=1S/C13H27N/c1-5-11(4)13(14-6-2)12-8-7-10(3)9-12/h10-14H,5-9H2,1-4H3. The van der Waals surface area contributed by atoms with Gasteiger partial charge < -0.3 is 5.32 Å². The van der Waals surface area contributed by atoms with E-state index in [1.54, 1.807) is 0 Å². The second-order valence-electron chi connectivity index (χ2n) is 5.15. The first-order valence-electron chi connectivity index (χ1n) is 6.42. The van der Waals surface area contributed by atoms with Crippen molar-refractivity contribution in [2.45, 2.75) is 59.4 Å². The van der Waals surface area contributed by atoms with Crippen molar-refractivity contribution < 1.29 is 0 Å². The monoisotopic (exact) mass is 197 g/mol. The van der Waals surface area contributed by atoms with Crippen molar-refractivity contribution in [3.8, 4) is 0 Å². The fourth-order valence-electron chi connectivity index (χ4n) is 2.90. The smallest absolute Gasteiger partial charge is 0.0121 e. The van der Waals surface area contributed by atoms with Gasteiger partial charge in [0.25, 0.3) is 0 Å². The Hall–Kier alpha value is -0.0400. The van der Waals surface area contributed by atoms with Crippen LogP contribution >= 0.6 is 0 Å². The van der Waals surface area contributed by atoms with Gasteiger partial charge in [0, 0.05) is 6.04 Å². The average Bonchev–Trinajstić information content (AvgIpc) is 2.60. The molecule has 0 amide bonds. The van der Waals surface area contributed by atoms with Crippen molar-refractivity contribution in [3.63, 3.8) is 0 Å². The first-order chi connectivity index (χ1) is 6.69. The summed E-state index contributed by atoms with van der Waals surface area (Å²) in [6.45, 7) is 10.5. The first kappa shape index (κ1) is 12.0. The minimum Gasteiger partial charge on any atom is -0.314 e. The van der Waals surface area contributed by atoms with Crippen molar-refractivity contribution in [1.29, 1.82) is 0 Å². The Kier molecular flexibility index (Phi) is 4.94. The van der Waals surface area contributed by atoms with Crippen LogP contribution in [0.4, 0.5) is 0 Å². The lowest BCUT2D eigenvalue weighted by atomic mass is 9.86. The van der Waals surface area contributed by atoms with Gasteiger partial charge in [0.15, 0.2) is 0 Å². The van der Waals surface area contributed by atoms with Crippen LogP contribution in [0.1, 0.15) is 53.4 Å². The van der Waals surface area contributed by atoms with Gasteiger partial charge in [-0.2, -0.15) is 0 Å². The van der Waals surface area contributed by atoms with E-state index in [4.69, 9.17) is 0 Å². The minimum absolute atomic E-state index is 0.773. The van der Waals surface area contributed by atoms with Crippen LogP contribution in [0.5, 0.6) is 0 Å². The second-order valence-corrected chi connectivity index (χ2v) is 5.15. The van der Waals surface area contributed by atoms with Crippen LogP contribution < -0.4 is 5.32 Å². The Morgan fingerprint density at radius 1 is 1.29 bits per heavy atom. The summed E-state index contributed by atoms with van der Waals surface area (Å²) in [6, 6.07) is 0.773. The quantitative estimate of drug-likeness (QED) is 0.712. The number of hydrogen-bond acceptors (Lipinski definition) is 1. The zero-order valence-electron chi connectivity index (χ0n) is 10.3. The molecule has 1 aliphatic carbocycles. The molecule has 84 valence electrons. The maximum Gasteiger partial charge on any atom is 0.0121 e. The molecule has 0 aromatic carbocycles. The Morgan fingerprint density at radius 3 is 2.43 bits per heavy atom. The topological polar surface area (TPSA) is 12.0 Å². The van der Waals surface area contributed by atoms with Crippen molar-refractivity contribution in [1.82, 2.24) is 5.32 Å².